The van der Waals surface area contributed by atoms with Crippen molar-refractivity contribution in [3.8, 4) is 0 Å². The van der Waals surface area contributed by atoms with E-state index in [0.29, 0.717) is 22.1 Å². The molecule has 0 aliphatic heterocycles. The van der Waals surface area contributed by atoms with Crippen LogP contribution in [0.4, 0.5) is 10.1 Å². The monoisotopic (exact) mass is 267 g/mol. The topological polar surface area (TPSA) is 76.5 Å². The molecule has 1 aromatic heterocycles. The molecular formula is C12H10FNO3S. The molecule has 2 aromatic rings. The summed E-state index contributed by atoms with van der Waals surface area (Å²) in [5.74, 6) is -0.690. The second kappa shape index (κ2) is 5.14. The quantitative estimate of drug-likeness (QED) is 0.657. The van der Waals surface area contributed by atoms with E-state index in [0.717, 1.165) is 0 Å². The lowest BCUT2D eigenvalue weighted by Crippen LogP contribution is -1.91. The Morgan fingerprint density at radius 2 is 2.17 bits per heavy atom. The molecule has 0 unspecified atom stereocenters. The van der Waals surface area contributed by atoms with Crippen LogP contribution in [0.25, 0.3) is 0 Å². The zero-order valence-corrected chi connectivity index (χ0v) is 10.0. The van der Waals surface area contributed by atoms with Gasteiger partial charge in [-0.25, -0.2) is 9.18 Å². The van der Waals surface area contributed by atoms with Crippen molar-refractivity contribution in [2.45, 2.75) is 10.6 Å². The lowest BCUT2D eigenvalue weighted by Gasteiger charge is -2.01. The fraction of sp³-hybridized carbons (Fsp3) is 0.0833. The molecule has 0 bridgehead atoms. The van der Waals surface area contributed by atoms with Crippen LogP contribution in [0.1, 0.15) is 16.3 Å². The first-order valence-electron chi connectivity index (χ1n) is 5.05. The minimum atomic E-state index is -1.11. The van der Waals surface area contributed by atoms with Crippen molar-refractivity contribution >= 4 is 23.4 Å². The summed E-state index contributed by atoms with van der Waals surface area (Å²) >= 11 is 1.32. The van der Waals surface area contributed by atoms with Gasteiger partial charge in [-0.1, -0.05) is 0 Å². The maximum atomic E-state index is 13.1. The summed E-state index contributed by atoms with van der Waals surface area (Å²) in [5, 5.41) is 8.69. The number of carboxylic acids is 1. The molecular weight excluding hydrogens is 257 g/mol. The Balaban J connectivity index is 2.04. The summed E-state index contributed by atoms with van der Waals surface area (Å²) in [6.07, 6.45) is 0. The number of nitrogen functional groups attached to an aromatic ring is 1. The van der Waals surface area contributed by atoms with Crippen LogP contribution in [0, 0.1) is 5.82 Å². The Bertz CT molecular complexity index is 562. The number of nitrogens with two attached hydrogens (primary N) is 1. The van der Waals surface area contributed by atoms with Crippen molar-refractivity contribution in [2.24, 2.45) is 0 Å². The normalized spacial score (nSPS) is 10.5. The molecule has 0 aliphatic rings. The maximum absolute atomic E-state index is 13.1. The van der Waals surface area contributed by atoms with Crippen LogP contribution in [0.5, 0.6) is 0 Å². The lowest BCUT2D eigenvalue weighted by molar-refractivity contribution is 0.0661. The van der Waals surface area contributed by atoms with Gasteiger partial charge in [-0.15, -0.1) is 11.8 Å². The van der Waals surface area contributed by atoms with Crippen molar-refractivity contribution in [1.82, 2.24) is 0 Å². The number of thioether (sulfide) groups is 1. The molecule has 18 heavy (non-hydrogen) atoms. The van der Waals surface area contributed by atoms with Gasteiger partial charge in [0.25, 0.3) is 0 Å². The average Bonchev–Trinajstić information content (AvgIpc) is 2.73. The summed E-state index contributed by atoms with van der Waals surface area (Å²) < 4.78 is 18.2. The van der Waals surface area contributed by atoms with E-state index in [-0.39, 0.29) is 5.76 Å². The van der Waals surface area contributed by atoms with Crippen LogP contribution in [-0.2, 0) is 5.75 Å². The summed E-state index contributed by atoms with van der Waals surface area (Å²) in [6.45, 7) is 0. The highest BCUT2D eigenvalue weighted by molar-refractivity contribution is 7.98. The van der Waals surface area contributed by atoms with E-state index in [1.165, 1.54) is 30.0 Å². The zero-order valence-electron chi connectivity index (χ0n) is 9.22. The molecule has 94 valence electrons. The molecule has 1 aromatic carbocycles. The van der Waals surface area contributed by atoms with Gasteiger partial charge in [0, 0.05) is 10.6 Å². The average molecular weight is 267 g/mol. The summed E-state index contributed by atoms with van der Waals surface area (Å²) in [6, 6.07) is 7.22. The van der Waals surface area contributed by atoms with E-state index >= 15 is 0 Å². The molecule has 0 aliphatic carbocycles. The van der Waals surface area contributed by atoms with Crippen LogP contribution >= 0.6 is 11.8 Å². The Hall–Kier alpha value is -1.95. The molecule has 0 amide bonds. The van der Waals surface area contributed by atoms with Crippen LogP contribution in [0.2, 0.25) is 0 Å². The first kappa shape index (κ1) is 12.5. The lowest BCUT2D eigenvalue weighted by atomic mass is 10.3. The largest absolute Gasteiger partial charge is 0.475 e. The highest BCUT2D eigenvalue weighted by Gasteiger charge is 2.09. The Morgan fingerprint density at radius 1 is 1.39 bits per heavy atom. The van der Waals surface area contributed by atoms with Crippen LogP contribution in [0.3, 0.4) is 0 Å². The van der Waals surface area contributed by atoms with Gasteiger partial charge < -0.3 is 15.3 Å². The number of hydrogen-bond acceptors (Lipinski definition) is 4. The molecule has 0 radical (unpaired) electrons. The third-order valence-electron chi connectivity index (χ3n) is 2.15. The third-order valence-corrected chi connectivity index (χ3v) is 3.15. The fourth-order valence-corrected chi connectivity index (χ4v) is 2.27. The van der Waals surface area contributed by atoms with Gasteiger partial charge in [0.15, 0.2) is 0 Å². The minimum Gasteiger partial charge on any atom is -0.475 e. The molecule has 4 nitrogen and oxygen atoms in total. The van der Waals surface area contributed by atoms with E-state index in [9.17, 15) is 9.18 Å². The molecule has 0 spiro atoms. The van der Waals surface area contributed by atoms with Gasteiger partial charge in [-0.2, -0.15) is 0 Å². The molecule has 0 atom stereocenters. The highest BCUT2D eigenvalue weighted by Crippen LogP contribution is 2.26. The summed E-state index contributed by atoms with van der Waals surface area (Å²) in [5.41, 5.74) is 5.87. The summed E-state index contributed by atoms with van der Waals surface area (Å²) in [7, 11) is 0. The van der Waals surface area contributed by atoms with Crippen molar-refractivity contribution in [3.63, 3.8) is 0 Å². The van der Waals surface area contributed by atoms with E-state index in [2.05, 4.69) is 0 Å². The van der Waals surface area contributed by atoms with Crippen LogP contribution < -0.4 is 5.73 Å². The van der Waals surface area contributed by atoms with E-state index in [1.54, 1.807) is 12.1 Å². The fourth-order valence-electron chi connectivity index (χ4n) is 1.39. The standard InChI is InChI=1S/C12H10FNO3S/c13-7-3-8(14)5-10(4-7)18-6-9-1-2-11(17-9)12(15)16/h1-5H,6,14H2,(H,15,16). The van der Waals surface area contributed by atoms with Gasteiger partial charge in [0.2, 0.25) is 5.76 Å². The number of furan rings is 1. The molecule has 0 saturated heterocycles. The minimum absolute atomic E-state index is 0.107. The first-order chi connectivity index (χ1) is 8.54. The van der Waals surface area contributed by atoms with E-state index in [4.69, 9.17) is 15.3 Å². The van der Waals surface area contributed by atoms with Gasteiger partial charge in [0.05, 0.1) is 5.75 Å². The number of anilines is 1. The molecule has 1 heterocycles. The number of carboxylic acid groups (broad SMARTS) is 1. The van der Waals surface area contributed by atoms with Gasteiger partial charge in [0.1, 0.15) is 11.6 Å². The molecule has 0 saturated carbocycles. The van der Waals surface area contributed by atoms with Gasteiger partial charge in [-0.3, -0.25) is 0 Å². The predicted molar refractivity (Wildman–Crippen MR) is 66.0 cm³/mol. The van der Waals surface area contributed by atoms with Crippen molar-refractivity contribution in [2.75, 3.05) is 5.73 Å². The number of aromatic carboxylic acids is 1. The molecule has 6 heteroatoms. The Kier molecular flexibility index (Phi) is 3.57. The van der Waals surface area contributed by atoms with Crippen molar-refractivity contribution < 1.29 is 18.7 Å². The number of rotatable bonds is 4. The van der Waals surface area contributed by atoms with Crippen molar-refractivity contribution in [1.29, 1.82) is 0 Å². The highest BCUT2D eigenvalue weighted by atomic mass is 32.2. The maximum Gasteiger partial charge on any atom is 0.371 e. The number of halogens is 1. The zero-order chi connectivity index (χ0) is 13.1. The second-order valence-electron chi connectivity index (χ2n) is 3.58. The Morgan fingerprint density at radius 3 is 2.78 bits per heavy atom. The Labute approximate surface area is 107 Å². The summed E-state index contributed by atoms with van der Waals surface area (Å²) in [4.78, 5) is 11.3. The predicted octanol–water partition coefficient (Wildman–Crippen LogP) is 2.99. The number of hydrogen-bond donors (Lipinski definition) is 2. The smallest absolute Gasteiger partial charge is 0.371 e. The molecule has 0 fully saturated rings. The number of carbonyl (C=O) groups is 1. The van der Waals surface area contributed by atoms with E-state index in [1.807, 2.05) is 0 Å². The third kappa shape index (κ3) is 3.04. The van der Waals surface area contributed by atoms with Gasteiger partial charge in [-0.05, 0) is 30.3 Å². The van der Waals surface area contributed by atoms with Crippen LogP contribution in [-0.4, -0.2) is 11.1 Å². The van der Waals surface area contributed by atoms with Crippen molar-refractivity contribution in [3.05, 3.63) is 47.7 Å². The van der Waals surface area contributed by atoms with Gasteiger partial charge >= 0.3 is 5.97 Å². The first-order valence-corrected chi connectivity index (χ1v) is 6.04. The second-order valence-corrected chi connectivity index (χ2v) is 4.63. The SMILES string of the molecule is Nc1cc(F)cc(SCc2ccc(C(=O)O)o2)c1. The molecule has 2 rings (SSSR count). The number of benzene rings is 1. The van der Waals surface area contributed by atoms with Crippen LogP contribution in [0.15, 0.2) is 39.6 Å². The van der Waals surface area contributed by atoms with E-state index < -0.39 is 11.8 Å². The molecule has 3 N–H and O–H groups in total.